The van der Waals surface area contributed by atoms with Gasteiger partial charge in [-0.1, -0.05) is 36.7 Å². The number of sulfonamides is 1. The molecule has 0 aliphatic heterocycles. The summed E-state index contributed by atoms with van der Waals surface area (Å²) in [6.07, 6.45) is 1.39. The third-order valence-corrected chi connectivity index (χ3v) is 6.02. The zero-order chi connectivity index (χ0) is 21.6. The number of nitrogens with zero attached hydrogens (tertiary/aromatic N) is 1. The van der Waals surface area contributed by atoms with E-state index in [4.69, 9.17) is 16.3 Å². The lowest BCUT2D eigenvalue weighted by molar-refractivity contribution is -0.122. The molecule has 0 bridgehead atoms. The molecule has 0 aliphatic rings. The van der Waals surface area contributed by atoms with Crippen LogP contribution < -0.4 is 14.4 Å². The Balaban J connectivity index is 2.06. The summed E-state index contributed by atoms with van der Waals surface area (Å²) in [5.41, 5.74) is 2.53. The van der Waals surface area contributed by atoms with Crippen LogP contribution in [-0.2, 0) is 14.8 Å². The maximum absolute atomic E-state index is 12.7. The van der Waals surface area contributed by atoms with Crippen LogP contribution in [0, 0.1) is 13.8 Å². The lowest BCUT2D eigenvalue weighted by atomic mass is 10.1. The molecule has 2 aromatic rings. The second-order valence-electron chi connectivity index (χ2n) is 6.80. The average Bonchev–Trinajstić information content (AvgIpc) is 2.65. The summed E-state index contributed by atoms with van der Waals surface area (Å²) in [7, 11) is -3.69. The number of carbonyl (C=O) groups excluding carboxylic acids is 1. The van der Waals surface area contributed by atoms with Gasteiger partial charge < -0.3 is 10.1 Å². The molecule has 0 spiro atoms. The van der Waals surface area contributed by atoms with Gasteiger partial charge in [-0.15, -0.1) is 0 Å². The minimum absolute atomic E-state index is 0.260. The number of benzene rings is 2. The molecule has 1 atom stereocenters. The van der Waals surface area contributed by atoms with Gasteiger partial charge >= 0.3 is 0 Å². The minimum Gasteiger partial charge on any atom is -0.491 e. The highest BCUT2D eigenvalue weighted by Crippen LogP contribution is 2.25. The lowest BCUT2D eigenvalue weighted by Gasteiger charge is -2.30. The summed E-state index contributed by atoms with van der Waals surface area (Å²) < 4.78 is 31.7. The molecule has 0 heterocycles. The fourth-order valence-electron chi connectivity index (χ4n) is 3.01. The van der Waals surface area contributed by atoms with Crippen molar-refractivity contribution in [2.75, 3.05) is 23.7 Å². The van der Waals surface area contributed by atoms with E-state index in [1.807, 2.05) is 32.0 Å². The molecule has 158 valence electrons. The zero-order valence-corrected chi connectivity index (χ0v) is 18.7. The summed E-state index contributed by atoms with van der Waals surface area (Å²) in [5, 5.41) is 3.17. The molecular formula is C21H27ClN2O4S. The van der Waals surface area contributed by atoms with Crippen LogP contribution >= 0.6 is 11.6 Å². The van der Waals surface area contributed by atoms with Crippen molar-refractivity contribution in [3.63, 3.8) is 0 Å². The normalized spacial score (nSPS) is 12.3. The molecule has 2 aromatic carbocycles. The number of anilines is 1. The van der Waals surface area contributed by atoms with Gasteiger partial charge in [0.05, 0.1) is 18.5 Å². The van der Waals surface area contributed by atoms with Crippen molar-refractivity contribution in [1.82, 2.24) is 5.32 Å². The molecule has 1 N–H and O–H groups in total. The number of hydrogen-bond acceptors (Lipinski definition) is 4. The summed E-state index contributed by atoms with van der Waals surface area (Å²) in [6.45, 7) is 6.29. The van der Waals surface area contributed by atoms with E-state index in [1.165, 1.54) is 6.07 Å². The van der Waals surface area contributed by atoms with E-state index in [0.29, 0.717) is 17.1 Å². The Labute approximate surface area is 177 Å². The molecular weight excluding hydrogens is 412 g/mol. The van der Waals surface area contributed by atoms with Gasteiger partial charge in [-0.05, 0) is 55.7 Å². The van der Waals surface area contributed by atoms with Gasteiger partial charge in [-0.3, -0.25) is 9.10 Å². The highest BCUT2D eigenvalue weighted by atomic mass is 35.5. The van der Waals surface area contributed by atoms with E-state index in [1.54, 1.807) is 25.1 Å². The maximum atomic E-state index is 12.7. The number of amides is 1. The van der Waals surface area contributed by atoms with E-state index in [9.17, 15) is 13.2 Å². The smallest absolute Gasteiger partial charge is 0.244 e. The number of ether oxygens (including phenoxy) is 1. The largest absolute Gasteiger partial charge is 0.491 e. The number of nitrogens with one attached hydrogen (secondary N) is 1. The van der Waals surface area contributed by atoms with Gasteiger partial charge in [0.2, 0.25) is 15.9 Å². The second kappa shape index (κ2) is 9.98. The number of carbonyl (C=O) groups is 1. The first kappa shape index (κ1) is 23.0. The van der Waals surface area contributed by atoms with Gasteiger partial charge in [0, 0.05) is 5.02 Å². The minimum atomic E-state index is -3.69. The SMILES string of the molecule is CC[C@H](C(=O)NCCOc1cccc(C)c1C)N(c1cccc(Cl)c1)S(C)(=O)=O. The number of rotatable bonds is 9. The predicted molar refractivity (Wildman–Crippen MR) is 117 cm³/mol. The fourth-order valence-corrected chi connectivity index (χ4v) is 4.40. The van der Waals surface area contributed by atoms with Crippen LogP contribution in [0.5, 0.6) is 5.75 Å². The quantitative estimate of drug-likeness (QED) is 0.606. The van der Waals surface area contributed by atoms with Crippen LogP contribution in [0.2, 0.25) is 5.02 Å². The maximum Gasteiger partial charge on any atom is 0.244 e. The van der Waals surface area contributed by atoms with Gasteiger partial charge in [0.25, 0.3) is 0 Å². The summed E-state index contributed by atoms with van der Waals surface area (Å²) >= 11 is 6.01. The molecule has 2 rings (SSSR count). The van der Waals surface area contributed by atoms with Crippen LogP contribution in [0.3, 0.4) is 0 Å². The number of halogens is 1. The van der Waals surface area contributed by atoms with Gasteiger partial charge in [-0.25, -0.2) is 8.42 Å². The molecule has 1 amide bonds. The summed E-state index contributed by atoms with van der Waals surface area (Å²) in [5.74, 6) is 0.380. The summed E-state index contributed by atoms with van der Waals surface area (Å²) in [6, 6.07) is 11.4. The van der Waals surface area contributed by atoms with Crippen LogP contribution in [0.4, 0.5) is 5.69 Å². The van der Waals surface area contributed by atoms with Gasteiger partial charge in [0.15, 0.2) is 0 Å². The Morgan fingerprint density at radius 1 is 1.21 bits per heavy atom. The van der Waals surface area contributed by atoms with Crippen molar-refractivity contribution in [2.24, 2.45) is 0 Å². The molecule has 6 nitrogen and oxygen atoms in total. The summed E-state index contributed by atoms with van der Waals surface area (Å²) in [4.78, 5) is 12.7. The van der Waals surface area contributed by atoms with Crippen LogP contribution in [0.25, 0.3) is 0 Å². The Morgan fingerprint density at radius 3 is 2.52 bits per heavy atom. The molecule has 8 heteroatoms. The fraction of sp³-hybridized carbons (Fsp3) is 0.381. The third kappa shape index (κ3) is 6.11. The highest BCUT2D eigenvalue weighted by molar-refractivity contribution is 7.92. The molecule has 0 aliphatic carbocycles. The van der Waals surface area contributed by atoms with Crippen LogP contribution in [0.15, 0.2) is 42.5 Å². The van der Waals surface area contributed by atoms with Crippen molar-refractivity contribution >= 4 is 33.2 Å². The van der Waals surface area contributed by atoms with Crippen molar-refractivity contribution in [3.05, 3.63) is 58.6 Å². The standard InChI is InChI=1S/C21H27ClN2O4S/c1-5-19(24(29(4,26)27)18-10-7-9-17(22)14-18)21(25)23-12-13-28-20-11-6-8-15(2)16(20)3/h6-11,14,19H,5,12-13H2,1-4H3,(H,23,25)/t19-/m1/s1. The monoisotopic (exact) mass is 438 g/mol. The number of aryl methyl sites for hydroxylation is 1. The van der Waals surface area contributed by atoms with Crippen LogP contribution in [-0.4, -0.2) is 39.8 Å². The zero-order valence-electron chi connectivity index (χ0n) is 17.1. The van der Waals surface area contributed by atoms with E-state index in [-0.39, 0.29) is 19.1 Å². The van der Waals surface area contributed by atoms with Gasteiger partial charge in [-0.2, -0.15) is 0 Å². The van der Waals surface area contributed by atoms with Crippen molar-refractivity contribution in [1.29, 1.82) is 0 Å². The molecule has 29 heavy (non-hydrogen) atoms. The Kier molecular flexibility index (Phi) is 7.93. The molecule has 0 saturated heterocycles. The molecule has 0 radical (unpaired) electrons. The highest BCUT2D eigenvalue weighted by Gasteiger charge is 2.31. The molecule has 0 aromatic heterocycles. The Bertz CT molecular complexity index is 963. The lowest BCUT2D eigenvalue weighted by Crippen LogP contribution is -2.50. The van der Waals surface area contributed by atoms with Crippen molar-refractivity contribution in [3.8, 4) is 5.75 Å². The first-order valence-electron chi connectivity index (χ1n) is 9.36. The third-order valence-electron chi connectivity index (χ3n) is 4.61. The topological polar surface area (TPSA) is 75.7 Å². The van der Waals surface area contributed by atoms with E-state index in [2.05, 4.69) is 5.32 Å². The Morgan fingerprint density at radius 2 is 1.90 bits per heavy atom. The van der Waals surface area contributed by atoms with E-state index >= 15 is 0 Å². The molecule has 0 unspecified atom stereocenters. The van der Waals surface area contributed by atoms with Crippen molar-refractivity contribution < 1.29 is 17.9 Å². The Hall–Kier alpha value is -2.25. The first-order valence-corrected chi connectivity index (χ1v) is 11.6. The molecule has 0 fully saturated rings. The van der Waals surface area contributed by atoms with E-state index < -0.39 is 16.1 Å². The molecule has 0 saturated carbocycles. The van der Waals surface area contributed by atoms with Gasteiger partial charge in [0.1, 0.15) is 18.4 Å². The second-order valence-corrected chi connectivity index (χ2v) is 9.10. The predicted octanol–water partition coefficient (Wildman–Crippen LogP) is 3.70. The van der Waals surface area contributed by atoms with E-state index in [0.717, 1.165) is 27.4 Å². The average molecular weight is 439 g/mol. The number of hydrogen-bond donors (Lipinski definition) is 1. The van der Waals surface area contributed by atoms with Crippen LogP contribution in [0.1, 0.15) is 24.5 Å². The first-order chi connectivity index (χ1) is 13.6. The van der Waals surface area contributed by atoms with Crippen molar-refractivity contribution in [2.45, 2.75) is 33.2 Å².